The fraction of sp³-hybridized carbons (Fsp3) is 0.273. The Morgan fingerprint density at radius 2 is 1.88 bits per heavy atom. The van der Waals surface area contributed by atoms with E-state index in [0.717, 1.165) is 0 Å². The number of hydrogen-bond acceptors (Lipinski definition) is 5. The van der Waals surface area contributed by atoms with Crippen LogP contribution in [0.2, 0.25) is 0 Å². The summed E-state index contributed by atoms with van der Waals surface area (Å²) in [7, 11) is 4.17. The fourth-order valence-corrected chi connectivity index (χ4v) is 1.30. The van der Waals surface area contributed by atoms with Gasteiger partial charge < -0.3 is 14.2 Å². The number of benzene rings is 1. The summed E-state index contributed by atoms with van der Waals surface area (Å²) < 4.78 is 14.7. The van der Waals surface area contributed by atoms with E-state index in [0.29, 0.717) is 17.1 Å². The molecule has 0 unspecified atom stereocenters. The molecular weight excluding hydrogens is 210 g/mol. The smallest absolute Gasteiger partial charge is 0.356 e. The Labute approximate surface area is 93.4 Å². The van der Waals surface area contributed by atoms with Gasteiger partial charge in [0.2, 0.25) is 0 Å². The molecule has 0 spiro atoms. The van der Waals surface area contributed by atoms with Crippen molar-refractivity contribution in [2.24, 2.45) is 0 Å². The lowest BCUT2D eigenvalue weighted by atomic mass is 10.1. The second kappa shape index (κ2) is 5.16. The van der Waals surface area contributed by atoms with Gasteiger partial charge in [-0.2, -0.15) is 0 Å². The van der Waals surface area contributed by atoms with Gasteiger partial charge in [0.1, 0.15) is 0 Å². The SMILES string of the molecule is COC(=O)C(=N)c1cccc(OC)c1OC. The van der Waals surface area contributed by atoms with Crippen LogP contribution in [-0.2, 0) is 9.53 Å². The predicted octanol–water partition coefficient (Wildman–Crippen LogP) is 1.24. The number of nitrogens with one attached hydrogen (secondary N) is 1. The lowest BCUT2D eigenvalue weighted by Crippen LogP contribution is -2.16. The lowest BCUT2D eigenvalue weighted by molar-refractivity contribution is -0.132. The van der Waals surface area contributed by atoms with Gasteiger partial charge in [-0.1, -0.05) is 6.07 Å². The highest BCUT2D eigenvalue weighted by atomic mass is 16.5. The maximum absolute atomic E-state index is 11.2. The minimum absolute atomic E-state index is 0.266. The third-order valence-electron chi connectivity index (χ3n) is 2.06. The molecule has 0 saturated heterocycles. The molecule has 0 radical (unpaired) electrons. The van der Waals surface area contributed by atoms with E-state index in [4.69, 9.17) is 14.9 Å². The van der Waals surface area contributed by atoms with Crippen molar-refractivity contribution >= 4 is 11.7 Å². The van der Waals surface area contributed by atoms with Gasteiger partial charge in [-0.05, 0) is 12.1 Å². The van der Waals surface area contributed by atoms with Gasteiger partial charge >= 0.3 is 5.97 Å². The van der Waals surface area contributed by atoms with Gasteiger partial charge in [-0.25, -0.2) is 4.79 Å². The van der Waals surface area contributed by atoms with E-state index in [1.54, 1.807) is 18.2 Å². The van der Waals surface area contributed by atoms with E-state index < -0.39 is 5.97 Å². The van der Waals surface area contributed by atoms with Crippen LogP contribution in [-0.4, -0.2) is 33.0 Å². The molecule has 1 aromatic carbocycles. The van der Waals surface area contributed by atoms with Gasteiger partial charge in [-0.3, -0.25) is 5.41 Å². The number of carbonyl (C=O) groups is 1. The first-order chi connectivity index (χ1) is 7.65. The summed E-state index contributed by atoms with van der Waals surface area (Å²) in [6.07, 6.45) is 0. The largest absolute Gasteiger partial charge is 0.493 e. The van der Waals surface area contributed by atoms with Gasteiger partial charge in [0.25, 0.3) is 0 Å². The molecule has 5 nitrogen and oxygen atoms in total. The average molecular weight is 223 g/mol. The van der Waals surface area contributed by atoms with E-state index in [1.807, 2.05) is 0 Å². The molecular formula is C11H13NO4. The van der Waals surface area contributed by atoms with Crippen molar-refractivity contribution in [3.63, 3.8) is 0 Å². The van der Waals surface area contributed by atoms with Crippen LogP contribution < -0.4 is 9.47 Å². The zero-order valence-electron chi connectivity index (χ0n) is 9.37. The quantitative estimate of drug-likeness (QED) is 0.616. The summed E-state index contributed by atoms with van der Waals surface area (Å²) in [5.41, 5.74) is 0.0759. The maximum Gasteiger partial charge on any atom is 0.356 e. The number of methoxy groups -OCH3 is 3. The van der Waals surface area contributed by atoms with Crippen molar-refractivity contribution in [1.29, 1.82) is 5.41 Å². The van der Waals surface area contributed by atoms with E-state index in [-0.39, 0.29) is 5.71 Å². The van der Waals surface area contributed by atoms with Crippen LogP contribution in [0.1, 0.15) is 5.56 Å². The molecule has 0 aliphatic rings. The van der Waals surface area contributed by atoms with Gasteiger partial charge in [-0.15, -0.1) is 0 Å². The highest BCUT2D eigenvalue weighted by Crippen LogP contribution is 2.30. The van der Waals surface area contributed by atoms with Crippen LogP contribution in [0.3, 0.4) is 0 Å². The molecule has 0 fully saturated rings. The molecule has 1 rings (SSSR count). The first-order valence-electron chi connectivity index (χ1n) is 4.54. The van der Waals surface area contributed by atoms with Gasteiger partial charge in [0, 0.05) is 0 Å². The van der Waals surface area contributed by atoms with E-state index in [9.17, 15) is 4.79 Å². The summed E-state index contributed by atoms with van der Waals surface area (Å²) in [4.78, 5) is 11.2. The molecule has 1 N–H and O–H groups in total. The molecule has 16 heavy (non-hydrogen) atoms. The molecule has 0 aliphatic carbocycles. The van der Waals surface area contributed by atoms with Crippen molar-refractivity contribution in [1.82, 2.24) is 0 Å². The second-order valence-corrected chi connectivity index (χ2v) is 2.91. The molecule has 0 heterocycles. The minimum Gasteiger partial charge on any atom is -0.493 e. The molecule has 0 aliphatic heterocycles. The van der Waals surface area contributed by atoms with Crippen LogP contribution in [0.5, 0.6) is 11.5 Å². The summed E-state index contributed by atoms with van der Waals surface area (Å²) in [5.74, 6) is 0.0978. The van der Waals surface area contributed by atoms with Crippen molar-refractivity contribution in [3.8, 4) is 11.5 Å². The Morgan fingerprint density at radius 3 is 2.38 bits per heavy atom. The Balaban J connectivity index is 3.23. The topological polar surface area (TPSA) is 68.6 Å². The summed E-state index contributed by atoms with van der Waals surface area (Å²) in [6, 6.07) is 4.96. The molecule has 0 bridgehead atoms. The first-order valence-corrected chi connectivity index (χ1v) is 4.54. The highest BCUT2D eigenvalue weighted by molar-refractivity contribution is 6.42. The second-order valence-electron chi connectivity index (χ2n) is 2.91. The zero-order valence-corrected chi connectivity index (χ0v) is 9.37. The monoisotopic (exact) mass is 223 g/mol. The Morgan fingerprint density at radius 1 is 1.19 bits per heavy atom. The lowest BCUT2D eigenvalue weighted by Gasteiger charge is -2.11. The minimum atomic E-state index is -0.716. The molecule has 0 atom stereocenters. The third kappa shape index (κ3) is 2.13. The molecule has 0 aromatic heterocycles. The predicted molar refractivity (Wildman–Crippen MR) is 58.4 cm³/mol. The third-order valence-corrected chi connectivity index (χ3v) is 2.06. The average Bonchev–Trinajstić information content (AvgIpc) is 2.35. The Bertz CT molecular complexity index is 414. The number of hydrogen-bond donors (Lipinski definition) is 1. The van der Waals surface area contributed by atoms with Crippen molar-refractivity contribution in [2.75, 3.05) is 21.3 Å². The number of rotatable bonds is 4. The maximum atomic E-state index is 11.2. The molecule has 0 amide bonds. The molecule has 86 valence electrons. The summed E-state index contributed by atoms with van der Waals surface area (Å²) in [6.45, 7) is 0. The molecule has 1 aromatic rings. The number of carbonyl (C=O) groups excluding carboxylic acids is 1. The van der Waals surface area contributed by atoms with Gasteiger partial charge in [0.15, 0.2) is 17.2 Å². The van der Waals surface area contributed by atoms with E-state index >= 15 is 0 Å². The van der Waals surface area contributed by atoms with Crippen LogP contribution in [0.4, 0.5) is 0 Å². The first kappa shape index (κ1) is 12.0. The normalized spacial score (nSPS) is 9.44. The molecule has 5 heteroatoms. The summed E-state index contributed by atoms with van der Waals surface area (Å²) >= 11 is 0. The Hall–Kier alpha value is -2.04. The standard InChI is InChI=1S/C11H13NO4/c1-14-8-6-4-5-7(10(8)15-2)9(12)11(13)16-3/h4-6,12H,1-3H3. The van der Waals surface area contributed by atoms with Crippen molar-refractivity contribution in [2.45, 2.75) is 0 Å². The van der Waals surface area contributed by atoms with Crippen LogP contribution in [0.25, 0.3) is 0 Å². The van der Waals surface area contributed by atoms with E-state index in [1.165, 1.54) is 21.3 Å². The van der Waals surface area contributed by atoms with Crippen LogP contribution >= 0.6 is 0 Å². The number of esters is 1. The van der Waals surface area contributed by atoms with Crippen molar-refractivity contribution in [3.05, 3.63) is 23.8 Å². The van der Waals surface area contributed by atoms with Crippen molar-refractivity contribution < 1.29 is 19.0 Å². The Kier molecular flexibility index (Phi) is 3.88. The summed E-state index contributed by atoms with van der Waals surface area (Å²) in [5, 5.41) is 7.64. The van der Waals surface area contributed by atoms with E-state index in [2.05, 4.69) is 4.74 Å². The van der Waals surface area contributed by atoms with Crippen LogP contribution in [0.15, 0.2) is 18.2 Å². The number of para-hydroxylation sites is 1. The molecule has 0 saturated carbocycles. The zero-order chi connectivity index (χ0) is 12.1. The van der Waals surface area contributed by atoms with Crippen LogP contribution in [0, 0.1) is 5.41 Å². The van der Waals surface area contributed by atoms with Gasteiger partial charge in [0.05, 0.1) is 26.9 Å². The highest BCUT2D eigenvalue weighted by Gasteiger charge is 2.19. The number of ether oxygens (including phenoxy) is 3. The fourth-order valence-electron chi connectivity index (χ4n) is 1.30.